The first kappa shape index (κ1) is 13.0. The van der Waals surface area contributed by atoms with E-state index in [1.54, 1.807) is 7.11 Å². The molecule has 1 aromatic carbocycles. The van der Waals surface area contributed by atoms with E-state index in [2.05, 4.69) is 17.0 Å². The minimum atomic E-state index is 0.236. The second kappa shape index (κ2) is 6.51. The van der Waals surface area contributed by atoms with Gasteiger partial charge in [-0.2, -0.15) is 0 Å². The summed E-state index contributed by atoms with van der Waals surface area (Å²) in [6, 6.07) is 6.27. The smallest absolute Gasteiger partial charge is 0.119 e. The van der Waals surface area contributed by atoms with Crippen molar-refractivity contribution in [2.75, 3.05) is 27.8 Å². The van der Waals surface area contributed by atoms with E-state index >= 15 is 0 Å². The Hall–Kier alpha value is -1.06. The zero-order valence-electron chi connectivity index (χ0n) is 10.4. The van der Waals surface area contributed by atoms with Crippen LogP contribution in [0.4, 0.5) is 0 Å². The average Bonchev–Trinajstić information content (AvgIpc) is 2.25. The molecule has 3 nitrogen and oxygen atoms in total. The minimum absolute atomic E-state index is 0.236. The number of aliphatic hydroxyl groups excluding tert-OH is 1. The van der Waals surface area contributed by atoms with Gasteiger partial charge in [0, 0.05) is 13.2 Å². The van der Waals surface area contributed by atoms with E-state index in [0.29, 0.717) is 0 Å². The zero-order valence-corrected chi connectivity index (χ0v) is 10.4. The molecule has 16 heavy (non-hydrogen) atoms. The van der Waals surface area contributed by atoms with Crippen LogP contribution in [0.1, 0.15) is 17.5 Å². The number of aryl methyl sites for hydroxylation is 1. The second-order valence-corrected chi connectivity index (χ2v) is 4.25. The third-order valence-corrected chi connectivity index (χ3v) is 2.38. The van der Waals surface area contributed by atoms with E-state index in [4.69, 9.17) is 9.84 Å². The number of rotatable bonds is 6. The fourth-order valence-electron chi connectivity index (χ4n) is 1.73. The highest BCUT2D eigenvalue weighted by atomic mass is 16.5. The number of ether oxygens (including phenoxy) is 1. The number of aliphatic hydroxyl groups is 1. The third kappa shape index (κ3) is 4.21. The van der Waals surface area contributed by atoms with E-state index in [1.807, 2.05) is 20.2 Å². The fraction of sp³-hybridized carbons (Fsp3) is 0.538. The van der Waals surface area contributed by atoms with Crippen molar-refractivity contribution in [3.8, 4) is 5.75 Å². The van der Waals surface area contributed by atoms with Gasteiger partial charge in [0.05, 0.1) is 7.11 Å². The SMILES string of the molecule is COc1cc(CCCO)cc(CN(C)C)c1. The minimum Gasteiger partial charge on any atom is -0.497 e. The van der Waals surface area contributed by atoms with Crippen LogP contribution in [-0.2, 0) is 13.0 Å². The maximum Gasteiger partial charge on any atom is 0.119 e. The summed E-state index contributed by atoms with van der Waals surface area (Å²) in [5.41, 5.74) is 2.47. The standard InChI is InChI=1S/C13H21NO2/c1-14(2)10-12-7-11(5-4-6-15)8-13(9-12)16-3/h7-9,15H,4-6,10H2,1-3H3. The number of hydrogen-bond acceptors (Lipinski definition) is 3. The van der Waals surface area contributed by atoms with Gasteiger partial charge in [0.25, 0.3) is 0 Å². The number of nitrogens with zero attached hydrogens (tertiary/aromatic N) is 1. The molecule has 1 N–H and O–H groups in total. The number of benzene rings is 1. The van der Waals surface area contributed by atoms with Crippen LogP contribution in [0, 0.1) is 0 Å². The van der Waals surface area contributed by atoms with Crippen LogP contribution in [0.25, 0.3) is 0 Å². The Morgan fingerprint density at radius 1 is 1.19 bits per heavy atom. The Bertz CT molecular complexity index is 324. The van der Waals surface area contributed by atoms with Gasteiger partial charge in [0.2, 0.25) is 0 Å². The summed E-state index contributed by atoms with van der Waals surface area (Å²) in [7, 11) is 5.78. The molecule has 1 rings (SSSR count). The summed E-state index contributed by atoms with van der Waals surface area (Å²) in [6.45, 7) is 1.14. The lowest BCUT2D eigenvalue weighted by Gasteiger charge is -2.13. The molecule has 0 bridgehead atoms. The van der Waals surface area contributed by atoms with Gasteiger partial charge in [0.1, 0.15) is 5.75 Å². The molecule has 0 unspecified atom stereocenters. The molecule has 0 spiro atoms. The van der Waals surface area contributed by atoms with E-state index in [9.17, 15) is 0 Å². The largest absolute Gasteiger partial charge is 0.497 e. The first-order chi connectivity index (χ1) is 7.65. The van der Waals surface area contributed by atoms with Crippen LogP contribution >= 0.6 is 0 Å². The Labute approximate surface area is 97.7 Å². The quantitative estimate of drug-likeness (QED) is 0.796. The van der Waals surface area contributed by atoms with Gasteiger partial charge >= 0.3 is 0 Å². The van der Waals surface area contributed by atoms with Crippen LogP contribution in [0.5, 0.6) is 5.75 Å². The van der Waals surface area contributed by atoms with Crippen molar-refractivity contribution >= 4 is 0 Å². The lowest BCUT2D eigenvalue weighted by Crippen LogP contribution is -2.11. The molecular formula is C13H21NO2. The highest BCUT2D eigenvalue weighted by Gasteiger charge is 2.02. The highest BCUT2D eigenvalue weighted by Crippen LogP contribution is 2.19. The average molecular weight is 223 g/mol. The van der Waals surface area contributed by atoms with Gasteiger partial charge in [-0.25, -0.2) is 0 Å². The highest BCUT2D eigenvalue weighted by molar-refractivity contribution is 5.34. The lowest BCUT2D eigenvalue weighted by molar-refractivity contribution is 0.288. The topological polar surface area (TPSA) is 32.7 Å². The Balaban J connectivity index is 2.82. The monoisotopic (exact) mass is 223 g/mol. The molecule has 0 saturated carbocycles. The summed E-state index contributed by atoms with van der Waals surface area (Å²) in [6.07, 6.45) is 1.70. The fourth-order valence-corrected chi connectivity index (χ4v) is 1.73. The lowest BCUT2D eigenvalue weighted by atomic mass is 10.1. The second-order valence-electron chi connectivity index (χ2n) is 4.25. The molecule has 0 amide bonds. The van der Waals surface area contributed by atoms with Gasteiger partial charge < -0.3 is 14.7 Å². The van der Waals surface area contributed by atoms with Gasteiger partial charge in [0.15, 0.2) is 0 Å². The third-order valence-electron chi connectivity index (χ3n) is 2.38. The summed E-state index contributed by atoms with van der Waals surface area (Å²) in [5, 5.41) is 8.83. The molecule has 0 fully saturated rings. The molecule has 90 valence electrons. The maximum absolute atomic E-state index is 8.83. The van der Waals surface area contributed by atoms with Crippen molar-refractivity contribution in [3.63, 3.8) is 0 Å². The van der Waals surface area contributed by atoms with Crippen molar-refractivity contribution in [3.05, 3.63) is 29.3 Å². The first-order valence-electron chi connectivity index (χ1n) is 5.58. The predicted octanol–water partition coefficient (Wildman–Crippen LogP) is 1.68. The van der Waals surface area contributed by atoms with Crippen LogP contribution < -0.4 is 4.74 Å². The van der Waals surface area contributed by atoms with Crippen molar-refractivity contribution in [2.24, 2.45) is 0 Å². The van der Waals surface area contributed by atoms with Gasteiger partial charge in [-0.15, -0.1) is 0 Å². The van der Waals surface area contributed by atoms with E-state index in [-0.39, 0.29) is 6.61 Å². The predicted molar refractivity (Wildman–Crippen MR) is 65.8 cm³/mol. The maximum atomic E-state index is 8.83. The van der Waals surface area contributed by atoms with Gasteiger partial charge in [-0.05, 0) is 50.2 Å². The van der Waals surface area contributed by atoms with Crippen molar-refractivity contribution in [1.29, 1.82) is 0 Å². The summed E-state index contributed by atoms with van der Waals surface area (Å²) in [5.74, 6) is 0.896. The first-order valence-corrected chi connectivity index (χ1v) is 5.58. The molecule has 0 radical (unpaired) electrons. The molecule has 0 aliphatic carbocycles. The molecular weight excluding hydrogens is 202 g/mol. The molecule has 0 aromatic heterocycles. The van der Waals surface area contributed by atoms with E-state index < -0.39 is 0 Å². The van der Waals surface area contributed by atoms with Crippen molar-refractivity contribution in [2.45, 2.75) is 19.4 Å². The van der Waals surface area contributed by atoms with Crippen LogP contribution in [-0.4, -0.2) is 37.8 Å². The summed E-state index contributed by atoms with van der Waals surface area (Å²) in [4.78, 5) is 2.13. The zero-order chi connectivity index (χ0) is 12.0. The van der Waals surface area contributed by atoms with E-state index in [1.165, 1.54) is 11.1 Å². The number of hydrogen-bond donors (Lipinski definition) is 1. The van der Waals surface area contributed by atoms with Gasteiger partial charge in [-0.3, -0.25) is 0 Å². The van der Waals surface area contributed by atoms with Crippen LogP contribution in [0.2, 0.25) is 0 Å². The van der Waals surface area contributed by atoms with E-state index in [0.717, 1.165) is 25.1 Å². The molecule has 0 heterocycles. The summed E-state index contributed by atoms with van der Waals surface area (Å²) < 4.78 is 5.28. The van der Waals surface area contributed by atoms with Crippen molar-refractivity contribution < 1.29 is 9.84 Å². The van der Waals surface area contributed by atoms with Crippen LogP contribution in [0.15, 0.2) is 18.2 Å². The van der Waals surface area contributed by atoms with Crippen molar-refractivity contribution in [1.82, 2.24) is 4.90 Å². The molecule has 0 atom stereocenters. The Morgan fingerprint density at radius 2 is 1.88 bits per heavy atom. The Kier molecular flexibility index (Phi) is 5.29. The normalized spacial score (nSPS) is 10.8. The Morgan fingerprint density at radius 3 is 2.44 bits per heavy atom. The molecule has 0 aliphatic rings. The molecule has 0 aliphatic heterocycles. The number of methoxy groups -OCH3 is 1. The molecule has 0 saturated heterocycles. The van der Waals surface area contributed by atoms with Gasteiger partial charge in [-0.1, -0.05) is 6.07 Å². The molecule has 3 heteroatoms. The van der Waals surface area contributed by atoms with Crippen LogP contribution in [0.3, 0.4) is 0 Å². The molecule has 1 aromatic rings. The summed E-state index contributed by atoms with van der Waals surface area (Å²) >= 11 is 0.